The van der Waals surface area contributed by atoms with Crippen LogP contribution in [0.15, 0.2) is 30.3 Å². The predicted octanol–water partition coefficient (Wildman–Crippen LogP) is 1.81. The van der Waals surface area contributed by atoms with Crippen LogP contribution in [0.2, 0.25) is 0 Å². The highest BCUT2D eigenvalue weighted by molar-refractivity contribution is 7.84. The zero-order valence-electron chi connectivity index (χ0n) is 9.28. The van der Waals surface area contributed by atoms with E-state index in [1.54, 1.807) is 18.4 Å². The van der Waals surface area contributed by atoms with Crippen LogP contribution in [0.5, 0.6) is 0 Å². The van der Waals surface area contributed by atoms with Crippen molar-refractivity contribution in [2.75, 3.05) is 25.1 Å². The molecule has 0 spiro atoms. The number of rotatable bonds is 6. The molecule has 1 N–H and O–H groups in total. The molecular formula is C12H16FNOS. The summed E-state index contributed by atoms with van der Waals surface area (Å²) in [4.78, 5) is 0. The highest BCUT2D eigenvalue weighted by Crippen LogP contribution is 2.03. The summed E-state index contributed by atoms with van der Waals surface area (Å²) in [6, 6.07) is 6.33. The summed E-state index contributed by atoms with van der Waals surface area (Å²) < 4.78 is 23.3. The van der Waals surface area contributed by atoms with Crippen molar-refractivity contribution in [3.63, 3.8) is 0 Å². The van der Waals surface area contributed by atoms with Gasteiger partial charge < -0.3 is 5.32 Å². The molecule has 1 aromatic carbocycles. The summed E-state index contributed by atoms with van der Waals surface area (Å²) in [6.45, 7) is 1.48. The van der Waals surface area contributed by atoms with Crippen molar-refractivity contribution in [2.45, 2.75) is 0 Å². The molecule has 0 saturated heterocycles. The molecule has 1 atom stereocenters. The van der Waals surface area contributed by atoms with Gasteiger partial charge in [-0.05, 0) is 17.7 Å². The summed E-state index contributed by atoms with van der Waals surface area (Å²) in [6.07, 6.45) is 5.58. The van der Waals surface area contributed by atoms with Gasteiger partial charge in [0.1, 0.15) is 5.82 Å². The summed E-state index contributed by atoms with van der Waals surface area (Å²) in [5.41, 5.74) is 0.974. The van der Waals surface area contributed by atoms with Gasteiger partial charge in [0.15, 0.2) is 0 Å². The van der Waals surface area contributed by atoms with Crippen LogP contribution in [-0.4, -0.2) is 29.3 Å². The van der Waals surface area contributed by atoms with E-state index in [1.165, 1.54) is 12.1 Å². The Labute approximate surface area is 98.0 Å². The number of halogens is 1. The standard InChI is InChI=1S/C12H16FNOS/c1-16(15)10-9-14-8-2-3-11-4-6-12(13)7-5-11/h2-7,14H,8-10H2,1H3/b3-2+. The molecule has 0 fully saturated rings. The van der Waals surface area contributed by atoms with E-state index in [0.717, 1.165) is 18.7 Å². The fourth-order valence-electron chi connectivity index (χ4n) is 1.17. The largest absolute Gasteiger partial charge is 0.312 e. The topological polar surface area (TPSA) is 29.1 Å². The number of hydrogen-bond acceptors (Lipinski definition) is 2. The van der Waals surface area contributed by atoms with E-state index in [1.807, 2.05) is 12.2 Å². The smallest absolute Gasteiger partial charge is 0.123 e. The van der Waals surface area contributed by atoms with Gasteiger partial charge in [-0.2, -0.15) is 0 Å². The lowest BCUT2D eigenvalue weighted by molar-refractivity contribution is 0.628. The van der Waals surface area contributed by atoms with Crippen molar-refractivity contribution in [1.29, 1.82) is 0 Å². The molecule has 1 rings (SSSR count). The predicted molar refractivity (Wildman–Crippen MR) is 67.2 cm³/mol. The Balaban J connectivity index is 2.22. The average Bonchev–Trinajstić information content (AvgIpc) is 2.25. The first-order valence-corrected chi connectivity index (χ1v) is 6.84. The van der Waals surface area contributed by atoms with Crippen molar-refractivity contribution in [1.82, 2.24) is 5.32 Å². The van der Waals surface area contributed by atoms with E-state index in [4.69, 9.17) is 0 Å². The molecule has 4 heteroatoms. The lowest BCUT2D eigenvalue weighted by Crippen LogP contribution is -2.19. The average molecular weight is 241 g/mol. The molecule has 1 aromatic rings. The van der Waals surface area contributed by atoms with Crippen LogP contribution in [0, 0.1) is 5.82 Å². The second-order valence-electron chi connectivity index (χ2n) is 3.44. The Bertz CT molecular complexity index is 362. The Morgan fingerprint density at radius 3 is 2.69 bits per heavy atom. The summed E-state index contributed by atoms with van der Waals surface area (Å²) in [7, 11) is -0.738. The molecule has 1 unspecified atom stereocenters. The Morgan fingerprint density at radius 2 is 2.06 bits per heavy atom. The molecule has 0 amide bonds. The maximum Gasteiger partial charge on any atom is 0.123 e. The first-order chi connectivity index (χ1) is 7.68. The third kappa shape index (κ3) is 5.78. The molecule has 88 valence electrons. The van der Waals surface area contributed by atoms with Crippen LogP contribution in [0.1, 0.15) is 5.56 Å². The monoisotopic (exact) mass is 241 g/mol. The van der Waals surface area contributed by atoms with E-state index in [0.29, 0.717) is 5.75 Å². The van der Waals surface area contributed by atoms with Gasteiger partial charge in [-0.1, -0.05) is 24.3 Å². The van der Waals surface area contributed by atoms with Crippen LogP contribution >= 0.6 is 0 Å². The van der Waals surface area contributed by atoms with Crippen LogP contribution in [0.4, 0.5) is 4.39 Å². The molecule has 0 aromatic heterocycles. The molecule has 0 aliphatic heterocycles. The Morgan fingerprint density at radius 1 is 1.38 bits per heavy atom. The normalized spacial score (nSPS) is 13.1. The first kappa shape index (κ1) is 13.1. The Kier molecular flexibility index (Phi) is 5.96. The highest BCUT2D eigenvalue weighted by Gasteiger charge is 1.90. The van der Waals surface area contributed by atoms with Crippen LogP contribution < -0.4 is 5.32 Å². The SMILES string of the molecule is CS(=O)CCNC/C=C/c1ccc(F)cc1. The molecule has 0 aliphatic rings. The van der Waals surface area contributed by atoms with E-state index in [9.17, 15) is 8.60 Å². The third-order valence-electron chi connectivity index (χ3n) is 2.01. The minimum absolute atomic E-state index is 0.222. The second kappa shape index (κ2) is 7.30. The molecule has 0 bridgehead atoms. The van der Waals surface area contributed by atoms with Crippen LogP contribution in [0.25, 0.3) is 6.08 Å². The van der Waals surface area contributed by atoms with Gasteiger partial charge in [-0.3, -0.25) is 4.21 Å². The minimum Gasteiger partial charge on any atom is -0.312 e. The molecule has 0 heterocycles. The molecule has 0 radical (unpaired) electrons. The maximum absolute atomic E-state index is 12.6. The van der Waals surface area contributed by atoms with Crippen molar-refractivity contribution >= 4 is 16.9 Å². The lowest BCUT2D eigenvalue weighted by atomic mass is 10.2. The highest BCUT2D eigenvalue weighted by atomic mass is 32.2. The zero-order chi connectivity index (χ0) is 11.8. The van der Waals surface area contributed by atoms with E-state index >= 15 is 0 Å². The summed E-state index contributed by atoms with van der Waals surface area (Å²) in [5.74, 6) is 0.449. The van der Waals surface area contributed by atoms with Crippen LogP contribution in [-0.2, 0) is 10.8 Å². The molecule has 2 nitrogen and oxygen atoms in total. The summed E-state index contributed by atoms with van der Waals surface area (Å²) >= 11 is 0. The Hall–Kier alpha value is -1.00. The van der Waals surface area contributed by atoms with Gasteiger partial charge in [0.05, 0.1) is 0 Å². The summed E-state index contributed by atoms with van der Waals surface area (Å²) in [5, 5.41) is 3.14. The lowest BCUT2D eigenvalue weighted by Gasteiger charge is -1.98. The van der Waals surface area contributed by atoms with Crippen molar-refractivity contribution in [3.8, 4) is 0 Å². The molecule has 0 aliphatic carbocycles. The van der Waals surface area contributed by atoms with Crippen molar-refractivity contribution in [2.24, 2.45) is 0 Å². The van der Waals surface area contributed by atoms with E-state index in [-0.39, 0.29) is 5.82 Å². The molecular weight excluding hydrogens is 225 g/mol. The van der Waals surface area contributed by atoms with E-state index < -0.39 is 10.8 Å². The third-order valence-corrected chi connectivity index (χ3v) is 2.79. The van der Waals surface area contributed by atoms with Gasteiger partial charge in [0, 0.05) is 35.9 Å². The quantitative estimate of drug-likeness (QED) is 0.770. The molecule has 0 saturated carbocycles. The van der Waals surface area contributed by atoms with Gasteiger partial charge in [0.2, 0.25) is 0 Å². The van der Waals surface area contributed by atoms with Gasteiger partial charge in [-0.15, -0.1) is 0 Å². The second-order valence-corrected chi connectivity index (χ2v) is 4.99. The van der Waals surface area contributed by atoms with Gasteiger partial charge >= 0.3 is 0 Å². The fraction of sp³-hybridized carbons (Fsp3) is 0.333. The molecule has 16 heavy (non-hydrogen) atoms. The van der Waals surface area contributed by atoms with Gasteiger partial charge in [0.25, 0.3) is 0 Å². The minimum atomic E-state index is -0.738. The van der Waals surface area contributed by atoms with Crippen LogP contribution in [0.3, 0.4) is 0 Å². The first-order valence-electron chi connectivity index (χ1n) is 5.11. The van der Waals surface area contributed by atoms with Crippen molar-refractivity contribution < 1.29 is 8.60 Å². The fourth-order valence-corrected chi connectivity index (χ4v) is 1.60. The number of benzene rings is 1. The maximum atomic E-state index is 12.6. The zero-order valence-corrected chi connectivity index (χ0v) is 10.1. The van der Waals surface area contributed by atoms with E-state index in [2.05, 4.69) is 5.32 Å². The van der Waals surface area contributed by atoms with Crippen molar-refractivity contribution in [3.05, 3.63) is 41.7 Å². The van der Waals surface area contributed by atoms with Gasteiger partial charge in [-0.25, -0.2) is 4.39 Å². The number of hydrogen-bond donors (Lipinski definition) is 1. The number of nitrogens with one attached hydrogen (secondary N) is 1.